The second-order valence-electron chi connectivity index (χ2n) is 6.21. The van der Waals surface area contributed by atoms with E-state index in [2.05, 4.69) is 16.8 Å². The predicted octanol–water partition coefficient (Wildman–Crippen LogP) is 0.326. The standard InChI is InChI=1S/C14H30N4/c1-17-7-2-3-13(11-17)14(16)12-4-8-18(9-5-12)10-6-15/h12-14H,2-11,15-16H2,1H3. The third-order valence-corrected chi connectivity index (χ3v) is 4.83. The van der Waals surface area contributed by atoms with Crippen LogP contribution in [0.2, 0.25) is 0 Å². The van der Waals surface area contributed by atoms with Gasteiger partial charge in [0.15, 0.2) is 0 Å². The molecule has 0 bridgehead atoms. The van der Waals surface area contributed by atoms with Crippen LogP contribution in [0.1, 0.15) is 25.7 Å². The van der Waals surface area contributed by atoms with E-state index in [0.717, 1.165) is 24.9 Å². The van der Waals surface area contributed by atoms with Crippen LogP contribution in [-0.2, 0) is 0 Å². The highest BCUT2D eigenvalue weighted by atomic mass is 15.1. The van der Waals surface area contributed by atoms with E-state index in [-0.39, 0.29) is 0 Å². The van der Waals surface area contributed by atoms with Gasteiger partial charge >= 0.3 is 0 Å². The average Bonchev–Trinajstić information content (AvgIpc) is 2.39. The minimum absolute atomic E-state index is 0.410. The number of rotatable bonds is 4. The lowest BCUT2D eigenvalue weighted by molar-refractivity contribution is 0.118. The molecule has 0 saturated carbocycles. The Morgan fingerprint density at radius 2 is 1.83 bits per heavy atom. The van der Waals surface area contributed by atoms with E-state index >= 15 is 0 Å². The second-order valence-corrected chi connectivity index (χ2v) is 6.21. The molecule has 2 unspecified atom stereocenters. The van der Waals surface area contributed by atoms with Crippen molar-refractivity contribution < 1.29 is 0 Å². The lowest BCUT2D eigenvalue weighted by Crippen LogP contribution is -2.49. The number of nitrogens with zero attached hydrogens (tertiary/aromatic N) is 2. The fourth-order valence-electron chi connectivity index (χ4n) is 3.65. The fraction of sp³-hybridized carbons (Fsp3) is 1.00. The third-order valence-electron chi connectivity index (χ3n) is 4.83. The molecule has 2 aliphatic rings. The summed E-state index contributed by atoms with van der Waals surface area (Å²) in [5.41, 5.74) is 12.1. The number of piperidine rings is 2. The normalized spacial score (nSPS) is 30.5. The van der Waals surface area contributed by atoms with Crippen molar-refractivity contribution in [3.8, 4) is 0 Å². The molecule has 106 valence electrons. The van der Waals surface area contributed by atoms with Crippen LogP contribution in [0.4, 0.5) is 0 Å². The van der Waals surface area contributed by atoms with Crippen LogP contribution in [0.15, 0.2) is 0 Å². The van der Waals surface area contributed by atoms with Crippen LogP contribution in [0.25, 0.3) is 0 Å². The summed E-state index contributed by atoms with van der Waals surface area (Å²) < 4.78 is 0. The summed E-state index contributed by atoms with van der Waals surface area (Å²) in [4.78, 5) is 4.92. The Morgan fingerprint density at radius 1 is 1.11 bits per heavy atom. The minimum atomic E-state index is 0.410. The Morgan fingerprint density at radius 3 is 2.44 bits per heavy atom. The van der Waals surface area contributed by atoms with Gasteiger partial charge in [-0.1, -0.05) is 0 Å². The molecule has 2 aliphatic heterocycles. The van der Waals surface area contributed by atoms with Crippen LogP contribution in [0.3, 0.4) is 0 Å². The SMILES string of the molecule is CN1CCCC(C(N)C2CCN(CCN)CC2)C1. The van der Waals surface area contributed by atoms with Crippen molar-refractivity contribution in [2.75, 3.05) is 46.3 Å². The largest absolute Gasteiger partial charge is 0.329 e. The maximum absolute atomic E-state index is 6.53. The summed E-state index contributed by atoms with van der Waals surface area (Å²) in [6.07, 6.45) is 5.18. The highest BCUT2D eigenvalue weighted by molar-refractivity contribution is 4.87. The fourth-order valence-corrected chi connectivity index (χ4v) is 3.65. The van der Waals surface area contributed by atoms with E-state index in [1.165, 1.54) is 51.9 Å². The van der Waals surface area contributed by atoms with Crippen molar-refractivity contribution in [2.24, 2.45) is 23.3 Å². The van der Waals surface area contributed by atoms with Crippen molar-refractivity contribution in [3.63, 3.8) is 0 Å². The quantitative estimate of drug-likeness (QED) is 0.759. The molecule has 0 amide bonds. The summed E-state index contributed by atoms with van der Waals surface area (Å²) in [6, 6.07) is 0.410. The van der Waals surface area contributed by atoms with Crippen LogP contribution in [0.5, 0.6) is 0 Å². The van der Waals surface area contributed by atoms with Gasteiger partial charge in [-0.15, -0.1) is 0 Å². The number of hydrogen-bond donors (Lipinski definition) is 2. The molecule has 0 aromatic carbocycles. The van der Waals surface area contributed by atoms with Crippen LogP contribution in [-0.4, -0.2) is 62.2 Å². The first-order valence-corrected chi connectivity index (χ1v) is 7.57. The van der Waals surface area contributed by atoms with E-state index in [9.17, 15) is 0 Å². The monoisotopic (exact) mass is 254 g/mol. The van der Waals surface area contributed by atoms with Gasteiger partial charge in [0.1, 0.15) is 0 Å². The maximum atomic E-state index is 6.53. The predicted molar refractivity (Wildman–Crippen MR) is 76.4 cm³/mol. The van der Waals surface area contributed by atoms with Gasteiger partial charge in [0.05, 0.1) is 0 Å². The summed E-state index contributed by atoms with van der Waals surface area (Å²) >= 11 is 0. The smallest absolute Gasteiger partial charge is 0.0109 e. The molecule has 0 aromatic heterocycles. The van der Waals surface area contributed by atoms with Gasteiger partial charge in [0.25, 0.3) is 0 Å². The molecule has 2 fully saturated rings. The van der Waals surface area contributed by atoms with Crippen LogP contribution in [0, 0.1) is 11.8 Å². The first-order valence-electron chi connectivity index (χ1n) is 7.57. The van der Waals surface area contributed by atoms with Gasteiger partial charge in [-0.3, -0.25) is 0 Å². The minimum Gasteiger partial charge on any atom is -0.329 e. The molecule has 18 heavy (non-hydrogen) atoms. The van der Waals surface area contributed by atoms with E-state index in [1.807, 2.05) is 0 Å². The molecule has 4 N–H and O–H groups in total. The molecule has 4 heteroatoms. The van der Waals surface area contributed by atoms with Crippen LogP contribution < -0.4 is 11.5 Å². The molecule has 0 spiro atoms. The van der Waals surface area contributed by atoms with Gasteiger partial charge in [-0.05, 0) is 64.2 Å². The molecule has 4 nitrogen and oxygen atoms in total. The van der Waals surface area contributed by atoms with Gasteiger partial charge in [0.2, 0.25) is 0 Å². The van der Waals surface area contributed by atoms with Gasteiger partial charge in [-0.2, -0.15) is 0 Å². The lowest BCUT2D eigenvalue weighted by Gasteiger charge is -2.40. The Kier molecular flexibility index (Phi) is 5.42. The number of nitrogens with two attached hydrogens (primary N) is 2. The number of hydrogen-bond acceptors (Lipinski definition) is 4. The van der Waals surface area contributed by atoms with Crippen LogP contribution >= 0.6 is 0 Å². The Bertz CT molecular complexity index is 238. The Hall–Kier alpha value is -0.160. The van der Waals surface area contributed by atoms with E-state index in [4.69, 9.17) is 11.5 Å². The molecule has 2 saturated heterocycles. The van der Waals surface area contributed by atoms with Crippen molar-refractivity contribution in [1.29, 1.82) is 0 Å². The highest BCUT2D eigenvalue weighted by Crippen LogP contribution is 2.28. The third kappa shape index (κ3) is 3.67. The maximum Gasteiger partial charge on any atom is 0.0109 e. The summed E-state index contributed by atoms with van der Waals surface area (Å²) in [5.74, 6) is 1.45. The highest BCUT2D eigenvalue weighted by Gasteiger charge is 2.31. The summed E-state index contributed by atoms with van der Waals surface area (Å²) in [7, 11) is 2.22. The van der Waals surface area contributed by atoms with Crippen molar-refractivity contribution in [3.05, 3.63) is 0 Å². The van der Waals surface area contributed by atoms with Crippen molar-refractivity contribution in [2.45, 2.75) is 31.7 Å². The van der Waals surface area contributed by atoms with Crippen molar-refractivity contribution in [1.82, 2.24) is 9.80 Å². The average molecular weight is 254 g/mol. The first-order chi connectivity index (χ1) is 8.70. The molecule has 2 atom stereocenters. The number of likely N-dealkylation sites (tertiary alicyclic amines) is 2. The molecule has 2 rings (SSSR count). The molecular formula is C14H30N4. The lowest BCUT2D eigenvalue weighted by atomic mass is 9.79. The Labute approximate surface area is 112 Å². The summed E-state index contributed by atoms with van der Waals surface area (Å²) in [6.45, 7) is 6.66. The van der Waals surface area contributed by atoms with Gasteiger partial charge in [0, 0.05) is 25.7 Å². The van der Waals surface area contributed by atoms with Gasteiger partial charge in [-0.25, -0.2) is 0 Å². The topological polar surface area (TPSA) is 58.5 Å². The molecule has 2 heterocycles. The zero-order chi connectivity index (χ0) is 13.0. The van der Waals surface area contributed by atoms with E-state index in [0.29, 0.717) is 6.04 Å². The molecule has 0 aromatic rings. The van der Waals surface area contributed by atoms with Crippen molar-refractivity contribution >= 4 is 0 Å². The van der Waals surface area contributed by atoms with Gasteiger partial charge < -0.3 is 21.3 Å². The van der Waals surface area contributed by atoms with E-state index in [1.54, 1.807) is 0 Å². The second kappa shape index (κ2) is 6.85. The zero-order valence-corrected chi connectivity index (χ0v) is 11.9. The molecule has 0 radical (unpaired) electrons. The molecule has 0 aliphatic carbocycles. The Balaban J connectivity index is 1.77. The zero-order valence-electron chi connectivity index (χ0n) is 11.9. The first kappa shape index (κ1) is 14.3. The molecular weight excluding hydrogens is 224 g/mol. The summed E-state index contributed by atoms with van der Waals surface area (Å²) in [5, 5.41) is 0. The van der Waals surface area contributed by atoms with E-state index < -0.39 is 0 Å².